The van der Waals surface area contributed by atoms with E-state index >= 15 is 0 Å². The lowest BCUT2D eigenvalue weighted by atomic mass is 10.0. The minimum atomic E-state index is -1.04. The molecule has 0 aromatic heterocycles. The Morgan fingerprint density at radius 1 is 1.47 bits per heavy atom. The van der Waals surface area contributed by atoms with Gasteiger partial charge < -0.3 is 20.3 Å². The van der Waals surface area contributed by atoms with Gasteiger partial charge in [-0.05, 0) is 31.5 Å². The van der Waals surface area contributed by atoms with Crippen LogP contribution in [0.25, 0.3) is 0 Å². The second kappa shape index (κ2) is 6.54. The number of hydrogen-bond donors (Lipinski definition) is 3. The zero-order valence-corrected chi connectivity index (χ0v) is 11.6. The van der Waals surface area contributed by atoms with Gasteiger partial charge in [-0.3, -0.25) is 4.79 Å². The van der Waals surface area contributed by atoms with Gasteiger partial charge in [-0.25, -0.2) is 0 Å². The Morgan fingerprint density at radius 3 is 2.74 bits per heavy atom. The van der Waals surface area contributed by atoms with Gasteiger partial charge in [0.2, 0.25) is 0 Å². The lowest BCUT2D eigenvalue weighted by Gasteiger charge is -2.23. The summed E-state index contributed by atoms with van der Waals surface area (Å²) in [4.78, 5) is 11.9. The Balaban J connectivity index is 2.60. The fraction of sp³-hybridized carbons (Fsp3) is 0.500. The molecule has 3 N–H and O–H groups in total. The molecular formula is C14H21NO4. The van der Waals surface area contributed by atoms with Crippen LogP contribution in [0.5, 0.6) is 5.75 Å². The average Bonchev–Trinajstić information content (AvgIpc) is 2.34. The summed E-state index contributed by atoms with van der Waals surface area (Å²) in [6, 6.07) is 4.83. The van der Waals surface area contributed by atoms with Crippen LogP contribution in [0.15, 0.2) is 18.2 Å². The molecule has 0 bridgehead atoms. The molecule has 0 aliphatic heterocycles. The Labute approximate surface area is 113 Å². The minimum absolute atomic E-state index is 0.0611. The molecule has 1 unspecified atom stereocenters. The lowest BCUT2D eigenvalue weighted by molar-refractivity contribution is 0.0243. The molecule has 19 heavy (non-hydrogen) atoms. The average molecular weight is 267 g/mol. The van der Waals surface area contributed by atoms with E-state index < -0.39 is 11.5 Å². The molecule has 1 aromatic rings. The van der Waals surface area contributed by atoms with Crippen molar-refractivity contribution in [3.63, 3.8) is 0 Å². The highest BCUT2D eigenvalue weighted by molar-refractivity contribution is 5.96. The monoisotopic (exact) mass is 267 g/mol. The van der Waals surface area contributed by atoms with Crippen LogP contribution in [0.1, 0.15) is 29.3 Å². The van der Waals surface area contributed by atoms with E-state index in [0.717, 1.165) is 5.56 Å². The van der Waals surface area contributed by atoms with Crippen LogP contribution >= 0.6 is 0 Å². The fourth-order valence-electron chi connectivity index (χ4n) is 1.61. The van der Waals surface area contributed by atoms with Crippen LogP contribution < -0.4 is 5.32 Å². The number of amides is 1. The molecule has 0 aliphatic rings. The van der Waals surface area contributed by atoms with Gasteiger partial charge in [0, 0.05) is 26.7 Å². The molecule has 1 amide bonds. The van der Waals surface area contributed by atoms with Crippen molar-refractivity contribution in [2.24, 2.45) is 0 Å². The highest BCUT2D eigenvalue weighted by atomic mass is 16.5. The number of aryl methyl sites for hydroxylation is 1. The van der Waals surface area contributed by atoms with Crippen molar-refractivity contribution in [2.75, 3.05) is 20.3 Å². The second-order valence-corrected chi connectivity index (χ2v) is 4.94. The molecule has 0 heterocycles. The van der Waals surface area contributed by atoms with Gasteiger partial charge in [0.05, 0.1) is 11.2 Å². The van der Waals surface area contributed by atoms with Crippen LogP contribution in [0.4, 0.5) is 0 Å². The number of benzene rings is 1. The number of methoxy groups -OCH3 is 1. The molecule has 1 atom stereocenters. The first-order chi connectivity index (χ1) is 8.85. The Morgan fingerprint density at radius 2 is 2.16 bits per heavy atom. The quantitative estimate of drug-likeness (QED) is 0.724. The van der Waals surface area contributed by atoms with Crippen LogP contribution in [0.2, 0.25) is 0 Å². The zero-order valence-electron chi connectivity index (χ0n) is 11.6. The summed E-state index contributed by atoms with van der Waals surface area (Å²) in [5.74, 6) is -0.468. The van der Waals surface area contributed by atoms with E-state index in [0.29, 0.717) is 13.0 Å². The van der Waals surface area contributed by atoms with Gasteiger partial charge in [-0.15, -0.1) is 0 Å². The maximum atomic E-state index is 11.9. The van der Waals surface area contributed by atoms with Crippen molar-refractivity contribution >= 4 is 5.91 Å². The first-order valence-corrected chi connectivity index (χ1v) is 6.15. The third-order valence-corrected chi connectivity index (χ3v) is 2.87. The number of ether oxygens (including phenoxy) is 1. The molecule has 0 saturated carbocycles. The molecule has 0 radical (unpaired) electrons. The van der Waals surface area contributed by atoms with Crippen molar-refractivity contribution in [3.8, 4) is 5.75 Å². The molecule has 106 valence electrons. The maximum Gasteiger partial charge on any atom is 0.255 e. The van der Waals surface area contributed by atoms with E-state index in [1.807, 2.05) is 6.92 Å². The van der Waals surface area contributed by atoms with Gasteiger partial charge in [-0.2, -0.15) is 0 Å². The number of rotatable bonds is 6. The molecule has 0 aliphatic carbocycles. The molecule has 5 nitrogen and oxygen atoms in total. The normalized spacial score (nSPS) is 13.9. The summed E-state index contributed by atoms with van der Waals surface area (Å²) in [7, 11) is 1.55. The third kappa shape index (κ3) is 4.89. The highest BCUT2D eigenvalue weighted by Crippen LogP contribution is 2.18. The van der Waals surface area contributed by atoms with Crippen molar-refractivity contribution in [1.29, 1.82) is 0 Å². The predicted molar refractivity (Wildman–Crippen MR) is 72.3 cm³/mol. The third-order valence-electron chi connectivity index (χ3n) is 2.87. The van der Waals surface area contributed by atoms with E-state index in [4.69, 9.17) is 4.74 Å². The summed E-state index contributed by atoms with van der Waals surface area (Å²) in [6.07, 6.45) is 0.420. The Hall–Kier alpha value is -1.59. The number of carbonyl (C=O) groups is 1. The SMILES string of the molecule is COCCC(C)(O)CNC(=O)c1ccc(C)cc1O. The second-order valence-electron chi connectivity index (χ2n) is 4.94. The number of aliphatic hydroxyl groups is 1. The minimum Gasteiger partial charge on any atom is -0.507 e. The van der Waals surface area contributed by atoms with Gasteiger partial charge in [0.25, 0.3) is 5.91 Å². The molecule has 0 fully saturated rings. The number of hydrogen-bond acceptors (Lipinski definition) is 4. The summed E-state index contributed by atoms with van der Waals surface area (Å²) in [6.45, 7) is 3.97. The van der Waals surface area contributed by atoms with Crippen LogP contribution in [-0.4, -0.2) is 42.0 Å². The standard InChI is InChI=1S/C14H21NO4/c1-10-4-5-11(12(16)8-10)13(17)15-9-14(2,18)6-7-19-3/h4-5,8,16,18H,6-7,9H2,1-3H3,(H,15,17). The van der Waals surface area contributed by atoms with Crippen molar-refractivity contribution in [2.45, 2.75) is 25.9 Å². The Kier molecular flexibility index (Phi) is 5.32. The summed E-state index contributed by atoms with van der Waals surface area (Å²) in [5, 5.41) is 22.3. The molecule has 1 rings (SSSR count). The van der Waals surface area contributed by atoms with Crippen molar-refractivity contribution in [1.82, 2.24) is 5.32 Å². The van der Waals surface area contributed by atoms with Gasteiger partial charge in [-0.1, -0.05) is 6.07 Å². The largest absolute Gasteiger partial charge is 0.507 e. The summed E-state index contributed by atoms with van der Waals surface area (Å²) >= 11 is 0. The fourth-order valence-corrected chi connectivity index (χ4v) is 1.61. The first-order valence-electron chi connectivity index (χ1n) is 6.15. The van der Waals surface area contributed by atoms with E-state index in [1.54, 1.807) is 26.2 Å². The number of aromatic hydroxyl groups is 1. The van der Waals surface area contributed by atoms with E-state index in [2.05, 4.69) is 5.32 Å². The molecule has 0 saturated heterocycles. The van der Waals surface area contributed by atoms with Crippen LogP contribution in [-0.2, 0) is 4.74 Å². The van der Waals surface area contributed by atoms with Gasteiger partial charge in [0.1, 0.15) is 5.75 Å². The van der Waals surface area contributed by atoms with E-state index in [1.165, 1.54) is 6.07 Å². The lowest BCUT2D eigenvalue weighted by Crippen LogP contribution is -2.41. The zero-order chi connectivity index (χ0) is 14.5. The summed E-state index contributed by atoms with van der Waals surface area (Å²) in [5.41, 5.74) is 0.0423. The van der Waals surface area contributed by atoms with Crippen LogP contribution in [0.3, 0.4) is 0 Å². The Bertz CT molecular complexity index is 443. The predicted octanol–water partition coefficient (Wildman–Crippen LogP) is 1.22. The molecule has 5 heteroatoms. The summed E-state index contributed by atoms with van der Waals surface area (Å²) < 4.78 is 4.89. The van der Waals surface area contributed by atoms with E-state index in [-0.39, 0.29) is 17.9 Å². The van der Waals surface area contributed by atoms with Crippen molar-refractivity contribution in [3.05, 3.63) is 29.3 Å². The van der Waals surface area contributed by atoms with Crippen LogP contribution in [0, 0.1) is 6.92 Å². The topological polar surface area (TPSA) is 78.8 Å². The van der Waals surface area contributed by atoms with Gasteiger partial charge >= 0.3 is 0 Å². The smallest absolute Gasteiger partial charge is 0.255 e. The molecule has 1 aromatic carbocycles. The highest BCUT2D eigenvalue weighted by Gasteiger charge is 2.21. The first kappa shape index (κ1) is 15.5. The number of phenols is 1. The molecule has 0 spiro atoms. The van der Waals surface area contributed by atoms with E-state index in [9.17, 15) is 15.0 Å². The number of phenolic OH excluding ortho intramolecular Hbond substituents is 1. The number of carbonyl (C=O) groups excluding carboxylic acids is 1. The maximum absolute atomic E-state index is 11.9. The van der Waals surface area contributed by atoms with Gasteiger partial charge in [0.15, 0.2) is 0 Å². The molecular weight excluding hydrogens is 246 g/mol. The van der Waals surface area contributed by atoms with Crippen molar-refractivity contribution < 1.29 is 19.7 Å². The number of nitrogens with one attached hydrogen (secondary N) is 1.